The first-order chi connectivity index (χ1) is 11.4. The number of hydrogen-bond donors (Lipinski definition) is 0. The van der Waals surface area contributed by atoms with Gasteiger partial charge in [0, 0.05) is 12.6 Å². The molecular weight excluding hydrogens is 332 g/mol. The molecule has 24 heavy (non-hydrogen) atoms. The van der Waals surface area contributed by atoms with E-state index in [-0.39, 0.29) is 16.7 Å². The highest BCUT2D eigenvalue weighted by Gasteiger charge is 2.42. The summed E-state index contributed by atoms with van der Waals surface area (Å²) in [7, 11) is -2.50. The smallest absolute Gasteiger partial charge is 0.293 e. The topological polar surface area (TPSA) is 89.8 Å². The van der Waals surface area contributed by atoms with Crippen molar-refractivity contribution in [3.8, 4) is 5.75 Å². The van der Waals surface area contributed by atoms with Crippen LogP contribution in [-0.2, 0) is 10.0 Å². The van der Waals surface area contributed by atoms with Crippen molar-refractivity contribution >= 4 is 15.7 Å². The number of fused-ring (bicyclic) bond motifs is 1. The largest absolute Gasteiger partial charge is 0.497 e. The first-order valence-electron chi connectivity index (χ1n) is 8.29. The SMILES string of the molecule is COc1ccc(S(=O)(=O)N2CCCC3CCCCC32)c([N+](=O)[O-])c1. The minimum absolute atomic E-state index is 0.0285. The number of nitro groups is 1. The zero-order chi connectivity index (χ0) is 17.3. The van der Waals surface area contributed by atoms with Crippen LogP contribution in [0.3, 0.4) is 0 Å². The Balaban J connectivity index is 2.02. The molecule has 132 valence electrons. The highest BCUT2D eigenvalue weighted by atomic mass is 32.2. The van der Waals surface area contributed by atoms with Gasteiger partial charge in [-0.15, -0.1) is 0 Å². The summed E-state index contributed by atoms with van der Waals surface area (Å²) < 4.78 is 32.8. The van der Waals surface area contributed by atoms with E-state index in [0.717, 1.165) is 38.5 Å². The standard InChI is InChI=1S/C16H22N2O5S/c1-23-13-8-9-16(15(11-13)18(19)20)24(21,22)17-10-4-6-12-5-2-3-7-14(12)17/h8-9,11-12,14H,2-7,10H2,1H3. The summed E-state index contributed by atoms with van der Waals surface area (Å²) in [6, 6.07) is 3.90. The summed E-state index contributed by atoms with van der Waals surface area (Å²) in [5.74, 6) is 0.648. The molecule has 1 aliphatic carbocycles. The number of piperidine rings is 1. The van der Waals surface area contributed by atoms with Crippen molar-refractivity contribution in [2.45, 2.75) is 49.5 Å². The van der Waals surface area contributed by atoms with Crippen molar-refractivity contribution in [2.75, 3.05) is 13.7 Å². The highest BCUT2D eigenvalue weighted by molar-refractivity contribution is 7.89. The van der Waals surface area contributed by atoms with E-state index in [9.17, 15) is 18.5 Å². The maximum absolute atomic E-state index is 13.1. The average molecular weight is 354 g/mol. The summed E-state index contributed by atoms with van der Waals surface area (Å²) in [6.45, 7) is 0.437. The lowest BCUT2D eigenvalue weighted by Gasteiger charge is -2.43. The molecule has 1 heterocycles. The van der Waals surface area contributed by atoms with Crippen molar-refractivity contribution < 1.29 is 18.1 Å². The van der Waals surface area contributed by atoms with E-state index in [2.05, 4.69) is 0 Å². The van der Waals surface area contributed by atoms with Crippen molar-refractivity contribution in [2.24, 2.45) is 5.92 Å². The molecule has 0 N–H and O–H groups in total. The molecule has 3 rings (SSSR count). The zero-order valence-corrected chi connectivity index (χ0v) is 14.5. The fourth-order valence-electron chi connectivity index (χ4n) is 3.99. The van der Waals surface area contributed by atoms with Crippen LogP contribution in [0.1, 0.15) is 38.5 Å². The Hall–Kier alpha value is -1.67. The van der Waals surface area contributed by atoms with E-state index < -0.39 is 20.6 Å². The van der Waals surface area contributed by atoms with Crippen molar-refractivity contribution in [3.63, 3.8) is 0 Å². The van der Waals surface area contributed by atoms with Gasteiger partial charge in [0.05, 0.1) is 18.1 Å². The van der Waals surface area contributed by atoms with Gasteiger partial charge in [-0.1, -0.05) is 12.8 Å². The first-order valence-corrected chi connectivity index (χ1v) is 9.73. The van der Waals surface area contributed by atoms with Crippen molar-refractivity contribution in [1.29, 1.82) is 0 Å². The molecule has 0 bridgehead atoms. The lowest BCUT2D eigenvalue weighted by atomic mass is 9.79. The van der Waals surface area contributed by atoms with Crippen LogP contribution < -0.4 is 4.74 Å². The summed E-state index contributed by atoms with van der Waals surface area (Å²) in [5.41, 5.74) is -0.424. The molecule has 0 aromatic heterocycles. The van der Waals surface area contributed by atoms with E-state index in [1.807, 2.05) is 0 Å². The Labute approximate surface area is 141 Å². The third-order valence-corrected chi connectivity index (χ3v) is 7.11. The average Bonchev–Trinajstić information content (AvgIpc) is 2.60. The number of ether oxygens (including phenoxy) is 1. The van der Waals surface area contributed by atoms with Gasteiger partial charge in [-0.2, -0.15) is 4.31 Å². The van der Waals surface area contributed by atoms with Gasteiger partial charge in [-0.25, -0.2) is 8.42 Å². The predicted octanol–water partition coefficient (Wildman–Crippen LogP) is 2.95. The maximum atomic E-state index is 13.1. The molecule has 1 aromatic rings. The van der Waals surface area contributed by atoms with E-state index in [4.69, 9.17) is 4.74 Å². The van der Waals surface area contributed by atoms with Crippen LogP contribution in [0.15, 0.2) is 23.1 Å². The molecule has 7 nitrogen and oxygen atoms in total. The van der Waals surface area contributed by atoms with Gasteiger partial charge < -0.3 is 4.74 Å². The Bertz CT molecular complexity index is 732. The molecule has 0 amide bonds. The second-order valence-corrected chi connectivity index (χ2v) is 8.32. The van der Waals surface area contributed by atoms with Crippen LogP contribution in [0.25, 0.3) is 0 Å². The Kier molecular flexibility index (Phi) is 4.78. The number of benzene rings is 1. The summed E-state index contributed by atoms with van der Waals surface area (Å²) in [5, 5.41) is 11.4. The molecular formula is C16H22N2O5S. The van der Waals surface area contributed by atoms with E-state index in [0.29, 0.717) is 12.5 Å². The minimum atomic E-state index is -3.90. The van der Waals surface area contributed by atoms with Crippen LogP contribution in [0, 0.1) is 16.0 Å². The van der Waals surface area contributed by atoms with Crippen LogP contribution in [0.2, 0.25) is 0 Å². The Morgan fingerprint density at radius 3 is 2.62 bits per heavy atom. The number of nitrogens with zero attached hydrogens (tertiary/aromatic N) is 2. The van der Waals surface area contributed by atoms with E-state index in [1.54, 1.807) is 0 Å². The molecule has 1 saturated carbocycles. The number of rotatable bonds is 4. The molecule has 2 unspecified atom stereocenters. The molecule has 0 spiro atoms. The molecule has 8 heteroatoms. The number of hydrogen-bond acceptors (Lipinski definition) is 5. The molecule has 2 aliphatic rings. The molecule has 1 saturated heterocycles. The fraction of sp³-hybridized carbons (Fsp3) is 0.625. The maximum Gasteiger partial charge on any atom is 0.293 e. The summed E-state index contributed by atoms with van der Waals surface area (Å²) in [4.78, 5) is 10.5. The Morgan fingerprint density at radius 1 is 1.21 bits per heavy atom. The van der Waals surface area contributed by atoms with Gasteiger partial charge in [-0.05, 0) is 43.7 Å². The van der Waals surface area contributed by atoms with Crippen LogP contribution in [0.4, 0.5) is 5.69 Å². The van der Waals surface area contributed by atoms with Gasteiger partial charge in [0.2, 0.25) is 10.0 Å². The van der Waals surface area contributed by atoms with Crippen LogP contribution >= 0.6 is 0 Å². The number of nitro benzene ring substituents is 1. The molecule has 0 radical (unpaired) electrons. The van der Waals surface area contributed by atoms with Gasteiger partial charge in [0.1, 0.15) is 5.75 Å². The van der Waals surface area contributed by atoms with Gasteiger partial charge in [-0.3, -0.25) is 10.1 Å². The minimum Gasteiger partial charge on any atom is -0.497 e. The van der Waals surface area contributed by atoms with Crippen molar-refractivity contribution in [3.05, 3.63) is 28.3 Å². The summed E-state index contributed by atoms with van der Waals surface area (Å²) >= 11 is 0. The quantitative estimate of drug-likeness (QED) is 0.612. The second kappa shape index (κ2) is 6.68. The van der Waals surface area contributed by atoms with Crippen LogP contribution in [0.5, 0.6) is 5.75 Å². The third-order valence-electron chi connectivity index (χ3n) is 5.14. The highest BCUT2D eigenvalue weighted by Crippen LogP contribution is 2.40. The number of methoxy groups -OCH3 is 1. The monoisotopic (exact) mass is 354 g/mol. The van der Waals surface area contributed by atoms with Gasteiger partial charge >= 0.3 is 0 Å². The normalized spacial score (nSPS) is 25.0. The fourth-order valence-corrected chi connectivity index (χ4v) is 5.88. The Morgan fingerprint density at radius 2 is 1.92 bits per heavy atom. The summed E-state index contributed by atoms with van der Waals surface area (Å²) in [6.07, 6.45) is 5.89. The third kappa shape index (κ3) is 3.00. The lowest BCUT2D eigenvalue weighted by Crippen LogP contribution is -2.49. The van der Waals surface area contributed by atoms with Gasteiger partial charge in [0.25, 0.3) is 5.69 Å². The van der Waals surface area contributed by atoms with E-state index >= 15 is 0 Å². The van der Waals surface area contributed by atoms with E-state index in [1.165, 1.54) is 29.6 Å². The molecule has 1 aliphatic heterocycles. The predicted molar refractivity (Wildman–Crippen MR) is 88.5 cm³/mol. The number of sulfonamides is 1. The first kappa shape index (κ1) is 17.2. The lowest BCUT2D eigenvalue weighted by molar-refractivity contribution is -0.387. The molecule has 2 atom stereocenters. The second-order valence-electron chi connectivity index (χ2n) is 6.46. The van der Waals surface area contributed by atoms with Crippen molar-refractivity contribution in [1.82, 2.24) is 4.31 Å². The molecule has 2 fully saturated rings. The molecule has 1 aromatic carbocycles. The zero-order valence-electron chi connectivity index (χ0n) is 13.7. The van der Waals surface area contributed by atoms with Crippen LogP contribution in [-0.4, -0.2) is 37.3 Å². The van der Waals surface area contributed by atoms with Gasteiger partial charge in [0.15, 0.2) is 4.90 Å².